The van der Waals surface area contributed by atoms with Crippen molar-refractivity contribution in [2.45, 2.75) is 59.1 Å². The summed E-state index contributed by atoms with van der Waals surface area (Å²) in [4.78, 5) is 2.50. The number of benzene rings is 2. The molecule has 0 aromatic heterocycles. The lowest BCUT2D eigenvalue weighted by molar-refractivity contribution is 0.0202. The lowest BCUT2D eigenvalue weighted by Crippen LogP contribution is -2.40. The van der Waals surface area contributed by atoms with Crippen LogP contribution in [-0.2, 0) is 0 Å². The van der Waals surface area contributed by atoms with Crippen LogP contribution >= 0.6 is 12.4 Å². The largest absolute Gasteiger partial charge is 0.497 e. The highest BCUT2D eigenvalue weighted by Crippen LogP contribution is 2.20. The van der Waals surface area contributed by atoms with Crippen LogP contribution in [0.15, 0.2) is 48.5 Å². The Morgan fingerprint density at radius 1 is 0.833 bits per heavy atom. The molecule has 1 unspecified atom stereocenters. The predicted molar refractivity (Wildman–Crippen MR) is 132 cm³/mol. The van der Waals surface area contributed by atoms with Gasteiger partial charge in [-0.05, 0) is 54.7 Å². The second-order valence-electron chi connectivity index (χ2n) is 7.40. The van der Waals surface area contributed by atoms with Crippen molar-refractivity contribution in [3.63, 3.8) is 0 Å². The van der Waals surface area contributed by atoms with E-state index < -0.39 is 0 Å². The Hall–Kier alpha value is -1.97. The third kappa shape index (κ3) is 8.81. The molecule has 0 spiro atoms. The third-order valence-corrected chi connectivity index (χ3v) is 5.07. The van der Waals surface area contributed by atoms with Crippen molar-refractivity contribution in [3.8, 4) is 11.5 Å². The second-order valence-corrected chi connectivity index (χ2v) is 7.40. The average molecular weight is 432 g/mol. The average Bonchev–Trinajstić information content (AvgIpc) is 2.77. The first-order valence-corrected chi connectivity index (χ1v) is 11.0. The van der Waals surface area contributed by atoms with Crippen molar-refractivity contribution in [2.75, 3.05) is 20.2 Å². The standard InChI is InChI=1S/C26H37NO2.ClH/c1-5-8-19-27(20-9-6-2)26(7-3)29-24-17-15-22(16-18-24)13-14-23-11-10-12-25(21-23)28-4;/h10-18,21,26H,5-9,19-20H2,1-4H3;1H/b14-13+;. The SMILES string of the molecule is CCCCN(CCCC)C(CC)Oc1ccc(/C=C/c2cccc(OC)c2)cc1.Cl. The fraction of sp³-hybridized carbons (Fsp3) is 0.462. The van der Waals surface area contributed by atoms with Gasteiger partial charge in [-0.2, -0.15) is 0 Å². The molecule has 0 fully saturated rings. The molecule has 0 aliphatic heterocycles. The monoisotopic (exact) mass is 431 g/mol. The van der Waals surface area contributed by atoms with E-state index >= 15 is 0 Å². The van der Waals surface area contributed by atoms with Crippen LogP contribution in [0.25, 0.3) is 12.2 Å². The van der Waals surface area contributed by atoms with Gasteiger partial charge in [-0.15, -0.1) is 12.4 Å². The molecule has 2 aromatic carbocycles. The Morgan fingerprint density at radius 2 is 1.47 bits per heavy atom. The molecule has 2 aromatic rings. The maximum atomic E-state index is 6.35. The van der Waals surface area contributed by atoms with Crippen molar-refractivity contribution in [2.24, 2.45) is 0 Å². The Kier molecular flexibility index (Phi) is 13.0. The zero-order valence-corrected chi connectivity index (χ0v) is 19.8. The molecule has 166 valence electrons. The molecule has 0 N–H and O–H groups in total. The Labute approximate surface area is 189 Å². The van der Waals surface area contributed by atoms with Crippen molar-refractivity contribution < 1.29 is 9.47 Å². The van der Waals surface area contributed by atoms with E-state index in [0.29, 0.717) is 0 Å². The van der Waals surface area contributed by atoms with E-state index in [1.807, 2.05) is 18.2 Å². The van der Waals surface area contributed by atoms with Crippen LogP contribution in [0.3, 0.4) is 0 Å². The zero-order valence-electron chi connectivity index (χ0n) is 19.0. The molecule has 0 heterocycles. The third-order valence-electron chi connectivity index (χ3n) is 5.07. The normalized spacial score (nSPS) is 12.0. The molecule has 1 atom stereocenters. The molecule has 0 bridgehead atoms. The molecule has 4 heteroatoms. The van der Waals surface area contributed by atoms with Gasteiger partial charge < -0.3 is 9.47 Å². The lowest BCUT2D eigenvalue weighted by atomic mass is 10.1. The van der Waals surface area contributed by atoms with Gasteiger partial charge in [0.15, 0.2) is 6.23 Å². The van der Waals surface area contributed by atoms with Gasteiger partial charge >= 0.3 is 0 Å². The van der Waals surface area contributed by atoms with Crippen LogP contribution in [0, 0.1) is 0 Å². The summed E-state index contributed by atoms with van der Waals surface area (Å²) >= 11 is 0. The van der Waals surface area contributed by atoms with Crippen molar-refractivity contribution >= 4 is 24.6 Å². The first kappa shape index (κ1) is 26.1. The molecule has 30 heavy (non-hydrogen) atoms. The topological polar surface area (TPSA) is 21.7 Å². The summed E-state index contributed by atoms with van der Waals surface area (Å²) in [5, 5.41) is 0. The van der Waals surface area contributed by atoms with Crippen LogP contribution in [0.5, 0.6) is 11.5 Å². The van der Waals surface area contributed by atoms with Gasteiger partial charge in [-0.3, -0.25) is 4.90 Å². The Morgan fingerprint density at radius 3 is 2.03 bits per heavy atom. The molecule has 0 radical (unpaired) electrons. The summed E-state index contributed by atoms with van der Waals surface area (Å²) in [5.41, 5.74) is 2.28. The van der Waals surface area contributed by atoms with Crippen molar-refractivity contribution in [1.82, 2.24) is 4.90 Å². The number of methoxy groups -OCH3 is 1. The summed E-state index contributed by atoms with van der Waals surface area (Å²) in [6.45, 7) is 8.92. The molecular formula is C26H38ClNO2. The smallest absolute Gasteiger partial charge is 0.152 e. The second kappa shape index (κ2) is 14.9. The minimum absolute atomic E-state index is 0. The summed E-state index contributed by atoms with van der Waals surface area (Å²) in [7, 11) is 1.69. The highest BCUT2D eigenvalue weighted by atomic mass is 35.5. The van der Waals surface area contributed by atoms with Gasteiger partial charge in [0.1, 0.15) is 11.5 Å². The summed E-state index contributed by atoms with van der Waals surface area (Å²) in [5.74, 6) is 1.81. The summed E-state index contributed by atoms with van der Waals surface area (Å²) < 4.78 is 11.6. The van der Waals surface area contributed by atoms with Gasteiger partial charge in [-0.25, -0.2) is 0 Å². The van der Waals surface area contributed by atoms with Gasteiger partial charge in [0, 0.05) is 13.1 Å². The van der Waals surface area contributed by atoms with Crippen molar-refractivity contribution in [1.29, 1.82) is 0 Å². The first-order valence-electron chi connectivity index (χ1n) is 11.0. The van der Waals surface area contributed by atoms with E-state index in [2.05, 4.69) is 68.2 Å². The summed E-state index contributed by atoms with van der Waals surface area (Å²) in [6.07, 6.45) is 10.2. The fourth-order valence-electron chi connectivity index (χ4n) is 3.29. The highest BCUT2D eigenvalue weighted by molar-refractivity contribution is 5.85. The van der Waals surface area contributed by atoms with E-state index in [1.54, 1.807) is 7.11 Å². The predicted octanol–water partition coefficient (Wildman–Crippen LogP) is 7.30. The minimum Gasteiger partial charge on any atom is -0.497 e. The van der Waals surface area contributed by atoms with Crippen LogP contribution in [0.2, 0.25) is 0 Å². The molecule has 0 aliphatic rings. The lowest BCUT2D eigenvalue weighted by Gasteiger charge is -2.31. The van der Waals surface area contributed by atoms with E-state index in [0.717, 1.165) is 42.1 Å². The molecular weight excluding hydrogens is 394 g/mol. The maximum absolute atomic E-state index is 6.35. The van der Waals surface area contributed by atoms with Gasteiger partial charge in [0.2, 0.25) is 0 Å². The van der Waals surface area contributed by atoms with Crippen LogP contribution in [0.4, 0.5) is 0 Å². The van der Waals surface area contributed by atoms with Crippen molar-refractivity contribution in [3.05, 3.63) is 59.7 Å². The molecule has 3 nitrogen and oxygen atoms in total. The quantitative estimate of drug-likeness (QED) is 0.245. The van der Waals surface area contributed by atoms with Gasteiger partial charge in [0.25, 0.3) is 0 Å². The minimum atomic E-state index is 0. The fourth-order valence-corrected chi connectivity index (χ4v) is 3.29. The number of rotatable bonds is 13. The number of hydrogen-bond acceptors (Lipinski definition) is 3. The Bertz CT molecular complexity index is 722. The van der Waals surface area contributed by atoms with E-state index in [4.69, 9.17) is 9.47 Å². The number of unbranched alkanes of at least 4 members (excludes halogenated alkanes) is 2. The molecule has 0 saturated carbocycles. The van der Waals surface area contributed by atoms with E-state index in [1.165, 1.54) is 25.7 Å². The number of ether oxygens (including phenoxy) is 2. The zero-order chi connectivity index (χ0) is 20.9. The summed E-state index contributed by atoms with van der Waals surface area (Å²) in [6, 6.07) is 16.4. The number of nitrogens with zero attached hydrogens (tertiary/aromatic N) is 1. The van der Waals surface area contributed by atoms with Gasteiger partial charge in [0.05, 0.1) is 7.11 Å². The first-order chi connectivity index (χ1) is 14.2. The van der Waals surface area contributed by atoms with Crippen LogP contribution in [0.1, 0.15) is 64.0 Å². The highest BCUT2D eigenvalue weighted by Gasteiger charge is 2.17. The van der Waals surface area contributed by atoms with Crippen LogP contribution < -0.4 is 9.47 Å². The number of hydrogen-bond donors (Lipinski definition) is 0. The van der Waals surface area contributed by atoms with Gasteiger partial charge in [-0.1, -0.05) is 70.0 Å². The molecule has 2 rings (SSSR count). The van der Waals surface area contributed by atoms with Crippen LogP contribution in [-0.4, -0.2) is 31.3 Å². The van der Waals surface area contributed by atoms with E-state index in [-0.39, 0.29) is 18.6 Å². The maximum Gasteiger partial charge on any atom is 0.152 e. The van der Waals surface area contributed by atoms with E-state index in [9.17, 15) is 0 Å². The molecule has 0 saturated heterocycles. The molecule has 0 amide bonds. The number of halogens is 1. The molecule has 0 aliphatic carbocycles. The Balaban J connectivity index is 0.00000450.